The van der Waals surface area contributed by atoms with E-state index < -0.39 is 0 Å². The number of fused-ring (bicyclic) bond motifs is 3. The Kier molecular flexibility index (Phi) is 6.79. The van der Waals surface area contributed by atoms with Crippen LogP contribution in [0.15, 0.2) is 72.8 Å². The molecule has 3 aromatic rings. The van der Waals surface area contributed by atoms with Crippen LogP contribution >= 0.6 is 0 Å². The van der Waals surface area contributed by atoms with E-state index in [1.807, 2.05) is 36.4 Å². The maximum absolute atomic E-state index is 3.30. The monoisotopic (exact) mass is 452 g/mol. The van der Waals surface area contributed by atoms with Gasteiger partial charge in [0.15, 0.2) is 0 Å². The van der Waals surface area contributed by atoms with Gasteiger partial charge in [-0.15, -0.1) is 5.56 Å². The SMILES string of the molecule is C[C](C)=[Hf+2].[c-]1cccc2c1Cc1ccccc1-2.c1cc[cH-]c1. The van der Waals surface area contributed by atoms with Gasteiger partial charge in [-0.1, -0.05) is 35.4 Å². The van der Waals surface area contributed by atoms with Crippen molar-refractivity contribution in [2.75, 3.05) is 0 Å². The second kappa shape index (κ2) is 8.85. The molecule has 0 N–H and O–H groups in total. The second-order valence-electron chi connectivity index (χ2n) is 5.36. The van der Waals surface area contributed by atoms with E-state index in [9.17, 15) is 0 Å². The molecular weight excluding hydrogens is 431 g/mol. The third kappa shape index (κ3) is 5.06. The molecule has 0 spiro atoms. The van der Waals surface area contributed by atoms with Crippen molar-refractivity contribution in [2.45, 2.75) is 20.3 Å². The van der Waals surface area contributed by atoms with E-state index in [2.05, 4.69) is 56.3 Å². The van der Waals surface area contributed by atoms with Crippen molar-refractivity contribution in [3.8, 4) is 11.1 Å². The van der Waals surface area contributed by atoms with Crippen LogP contribution in [0.25, 0.3) is 11.1 Å². The summed E-state index contributed by atoms with van der Waals surface area (Å²) in [5, 5.41) is 0. The molecule has 0 radical (unpaired) electrons. The van der Waals surface area contributed by atoms with Gasteiger partial charge >= 0.3 is 41.0 Å². The molecule has 1 aliphatic carbocycles. The van der Waals surface area contributed by atoms with E-state index in [-0.39, 0.29) is 0 Å². The minimum Gasteiger partial charge on any atom is -0.214 e. The van der Waals surface area contributed by atoms with Crippen molar-refractivity contribution >= 4 is 3.26 Å². The molecule has 1 aliphatic rings. The Balaban J connectivity index is 0.000000163. The number of benzene rings is 2. The Labute approximate surface area is 148 Å². The van der Waals surface area contributed by atoms with Crippen molar-refractivity contribution in [1.82, 2.24) is 0 Å². The smallest absolute Gasteiger partial charge is 0.0253 e. The standard InChI is InChI=1S/C13H9.C5H5.C3H6.Hf/c1-3-7-12-10(5-1)9-11-6-2-4-8-13(11)12;1-2-4-5-3-1;1-3-2;/h1-5,7-8H,9H2;1-5H;1-2H3;/q2*-1;;+2. The van der Waals surface area contributed by atoms with Gasteiger partial charge in [0.05, 0.1) is 0 Å². The van der Waals surface area contributed by atoms with Gasteiger partial charge in [-0.3, -0.25) is 0 Å². The maximum atomic E-state index is 3.30. The van der Waals surface area contributed by atoms with Crippen molar-refractivity contribution in [1.29, 1.82) is 0 Å². The van der Waals surface area contributed by atoms with Gasteiger partial charge < -0.3 is 0 Å². The molecule has 0 heterocycles. The van der Waals surface area contributed by atoms with E-state index in [0.29, 0.717) is 0 Å². The zero-order valence-electron chi connectivity index (χ0n) is 13.1. The molecule has 0 aliphatic heterocycles. The zero-order valence-corrected chi connectivity index (χ0v) is 16.7. The predicted molar refractivity (Wildman–Crippen MR) is 91.9 cm³/mol. The molecule has 0 saturated heterocycles. The van der Waals surface area contributed by atoms with E-state index in [1.54, 1.807) is 3.26 Å². The third-order valence-corrected chi connectivity index (χ3v) is 3.17. The largest absolute Gasteiger partial charge is 0.214 e. The Morgan fingerprint density at radius 3 is 2.23 bits per heavy atom. The van der Waals surface area contributed by atoms with Crippen LogP contribution in [0.1, 0.15) is 25.0 Å². The average molecular weight is 451 g/mol. The van der Waals surface area contributed by atoms with Crippen molar-refractivity contribution in [3.63, 3.8) is 0 Å². The van der Waals surface area contributed by atoms with Crippen LogP contribution in [0.5, 0.6) is 0 Å². The summed E-state index contributed by atoms with van der Waals surface area (Å²) in [6, 6.07) is 28.1. The number of hydrogen-bond donors (Lipinski definition) is 0. The van der Waals surface area contributed by atoms with Crippen LogP contribution < -0.4 is 0 Å². The van der Waals surface area contributed by atoms with Crippen LogP contribution in [-0.2, 0) is 30.3 Å². The Morgan fingerprint density at radius 2 is 1.59 bits per heavy atom. The van der Waals surface area contributed by atoms with Gasteiger partial charge in [0.1, 0.15) is 0 Å². The maximum Gasteiger partial charge on any atom is -0.0253 e. The quantitative estimate of drug-likeness (QED) is 0.255. The summed E-state index contributed by atoms with van der Waals surface area (Å²) in [6.45, 7) is 4.29. The van der Waals surface area contributed by atoms with Crippen molar-refractivity contribution in [3.05, 3.63) is 90.0 Å². The summed E-state index contributed by atoms with van der Waals surface area (Å²) in [5.74, 6) is 0. The molecule has 108 valence electrons. The Bertz CT molecular complexity index is 644. The van der Waals surface area contributed by atoms with Gasteiger partial charge in [0, 0.05) is 0 Å². The fraction of sp³-hybridized carbons (Fsp3) is 0.143. The van der Waals surface area contributed by atoms with Crippen molar-refractivity contribution in [2.24, 2.45) is 0 Å². The van der Waals surface area contributed by atoms with E-state index in [4.69, 9.17) is 0 Å². The van der Waals surface area contributed by atoms with Crippen LogP contribution in [0, 0.1) is 6.07 Å². The molecule has 3 aromatic carbocycles. The van der Waals surface area contributed by atoms with Gasteiger partial charge in [0.25, 0.3) is 0 Å². The summed E-state index contributed by atoms with van der Waals surface area (Å²) >= 11 is 1.27. The molecule has 0 aromatic heterocycles. The van der Waals surface area contributed by atoms with Crippen molar-refractivity contribution < 1.29 is 23.9 Å². The molecule has 1 heteroatoms. The summed E-state index contributed by atoms with van der Waals surface area (Å²) in [5.41, 5.74) is 5.51. The van der Waals surface area contributed by atoms with Gasteiger partial charge in [0.2, 0.25) is 0 Å². The molecule has 0 unspecified atom stereocenters. The summed E-state index contributed by atoms with van der Waals surface area (Å²) < 4.78 is 1.56. The molecule has 0 fully saturated rings. The molecule has 4 rings (SSSR count). The van der Waals surface area contributed by atoms with E-state index >= 15 is 0 Å². The molecular formula is C21H20Hf. The van der Waals surface area contributed by atoms with E-state index in [0.717, 1.165) is 6.42 Å². The van der Waals surface area contributed by atoms with Crippen LogP contribution in [0.4, 0.5) is 0 Å². The van der Waals surface area contributed by atoms with Gasteiger partial charge in [-0.25, -0.2) is 12.1 Å². The summed E-state index contributed by atoms with van der Waals surface area (Å²) in [6.07, 6.45) is 1.05. The molecule has 0 atom stereocenters. The fourth-order valence-electron chi connectivity index (χ4n) is 2.32. The second-order valence-corrected chi connectivity index (χ2v) is 8.95. The molecule has 0 amide bonds. The summed E-state index contributed by atoms with van der Waals surface area (Å²) in [4.78, 5) is 0. The first-order valence-corrected chi connectivity index (χ1v) is 9.24. The molecule has 22 heavy (non-hydrogen) atoms. The first kappa shape index (κ1) is 16.9. The average Bonchev–Trinajstić information content (AvgIpc) is 3.18. The molecule has 0 nitrogen and oxygen atoms in total. The summed E-state index contributed by atoms with van der Waals surface area (Å²) in [7, 11) is 0. The van der Waals surface area contributed by atoms with Gasteiger partial charge in [-0.05, 0) is 6.42 Å². The topological polar surface area (TPSA) is 0 Å². The van der Waals surface area contributed by atoms with Gasteiger partial charge in [-0.2, -0.15) is 48.0 Å². The number of rotatable bonds is 0. The normalized spacial score (nSPS) is 10.4. The van der Waals surface area contributed by atoms with Crippen LogP contribution in [0.2, 0.25) is 0 Å². The Morgan fingerprint density at radius 1 is 0.955 bits per heavy atom. The van der Waals surface area contributed by atoms with Crippen LogP contribution in [-0.4, -0.2) is 3.26 Å². The third-order valence-electron chi connectivity index (χ3n) is 3.17. The van der Waals surface area contributed by atoms with E-state index in [1.165, 1.54) is 46.1 Å². The first-order valence-electron chi connectivity index (χ1n) is 7.45. The zero-order chi connectivity index (χ0) is 15.8. The minimum absolute atomic E-state index is 1.05. The molecule has 0 bridgehead atoms. The predicted octanol–water partition coefficient (Wildman–Crippen LogP) is 5.21. The fourth-order valence-corrected chi connectivity index (χ4v) is 2.32. The first-order chi connectivity index (χ1) is 10.7. The molecule has 0 saturated carbocycles. The minimum atomic E-state index is 1.05. The number of hydrogen-bond acceptors (Lipinski definition) is 0. The Hall–Kier alpha value is -1.47. The van der Waals surface area contributed by atoms with Crippen LogP contribution in [0.3, 0.4) is 0 Å².